The van der Waals surface area contributed by atoms with Crippen molar-refractivity contribution in [1.82, 2.24) is 4.68 Å². The molecule has 3 aromatic rings. The SMILES string of the molecule is Cc1ccc2c(c1)OCc1cc(C(F)(F)F)ccc1C2Nn1ccc(=O)c(O)c1C(=O)O. The molecule has 0 fully saturated rings. The van der Waals surface area contributed by atoms with E-state index in [2.05, 4.69) is 5.43 Å². The van der Waals surface area contributed by atoms with Crippen molar-refractivity contribution < 1.29 is 32.9 Å². The molecule has 1 unspecified atom stereocenters. The third-order valence-corrected chi connectivity index (χ3v) is 5.19. The van der Waals surface area contributed by atoms with Crippen LogP contribution >= 0.6 is 0 Å². The number of nitrogens with one attached hydrogen (secondary N) is 1. The lowest BCUT2D eigenvalue weighted by Gasteiger charge is -2.25. The van der Waals surface area contributed by atoms with Crippen LogP contribution in [0, 0.1) is 6.92 Å². The van der Waals surface area contributed by atoms with Crippen molar-refractivity contribution in [2.24, 2.45) is 0 Å². The fraction of sp³-hybridized carbons (Fsp3) is 0.182. The second-order valence-electron chi connectivity index (χ2n) is 7.36. The zero-order valence-electron chi connectivity index (χ0n) is 16.6. The van der Waals surface area contributed by atoms with Gasteiger partial charge in [-0.15, -0.1) is 0 Å². The second-order valence-corrected chi connectivity index (χ2v) is 7.36. The van der Waals surface area contributed by atoms with E-state index in [4.69, 9.17) is 4.74 Å². The van der Waals surface area contributed by atoms with Crippen molar-refractivity contribution in [2.75, 3.05) is 5.43 Å². The van der Waals surface area contributed by atoms with Crippen LogP contribution in [0.3, 0.4) is 0 Å². The van der Waals surface area contributed by atoms with E-state index in [-0.39, 0.29) is 12.2 Å². The van der Waals surface area contributed by atoms with Crippen molar-refractivity contribution in [3.05, 3.63) is 92.4 Å². The van der Waals surface area contributed by atoms with Crippen molar-refractivity contribution in [1.29, 1.82) is 0 Å². The summed E-state index contributed by atoms with van der Waals surface area (Å²) in [7, 11) is 0. The Hall–Kier alpha value is -3.95. The molecule has 0 radical (unpaired) electrons. The molecule has 1 aliphatic heterocycles. The van der Waals surface area contributed by atoms with E-state index in [0.29, 0.717) is 16.9 Å². The minimum absolute atomic E-state index is 0.130. The highest BCUT2D eigenvalue weighted by Crippen LogP contribution is 2.39. The molecule has 3 N–H and O–H groups in total. The molecule has 4 rings (SSSR count). The number of halogens is 3. The lowest BCUT2D eigenvalue weighted by Crippen LogP contribution is -2.28. The number of aromatic hydroxyl groups is 1. The summed E-state index contributed by atoms with van der Waals surface area (Å²) >= 11 is 0. The quantitative estimate of drug-likeness (QED) is 0.566. The number of aryl methyl sites for hydroxylation is 1. The second kappa shape index (κ2) is 7.63. The largest absolute Gasteiger partial charge is 0.502 e. The monoisotopic (exact) mass is 446 g/mol. The Labute approximate surface area is 179 Å². The Morgan fingerprint density at radius 1 is 1.16 bits per heavy atom. The van der Waals surface area contributed by atoms with Gasteiger partial charge in [0.25, 0.3) is 0 Å². The number of pyridine rings is 1. The molecule has 0 saturated carbocycles. The number of ether oxygens (including phenoxy) is 1. The van der Waals surface area contributed by atoms with Gasteiger partial charge >= 0.3 is 12.1 Å². The van der Waals surface area contributed by atoms with Gasteiger partial charge in [-0.3, -0.25) is 9.47 Å². The molecule has 32 heavy (non-hydrogen) atoms. The molecule has 1 atom stereocenters. The molecule has 2 heterocycles. The molecule has 0 saturated heterocycles. The highest BCUT2D eigenvalue weighted by molar-refractivity contribution is 5.88. The third kappa shape index (κ3) is 3.75. The van der Waals surface area contributed by atoms with Crippen LogP contribution in [0.25, 0.3) is 0 Å². The van der Waals surface area contributed by atoms with Crippen molar-refractivity contribution in [2.45, 2.75) is 25.7 Å². The summed E-state index contributed by atoms with van der Waals surface area (Å²) in [5.74, 6) is -2.11. The maximum Gasteiger partial charge on any atom is 0.416 e. The predicted molar refractivity (Wildman–Crippen MR) is 107 cm³/mol. The number of benzene rings is 2. The van der Waals surface area contributed by atoms with Gasteiger partial charge in [0.05, 0.1) is 11.6 Å². The number of carboxylic acids is 1. The van der Waals surface area contributed by atoms with Crippen LogP contribution in [0.2, 0.25) is 0 Å². The summed E-state index contributed by atoms with van der Waals surface area (Å²) in [4.78, 5) is 23.4. The first-order valence-electron chi connectivity index (χ1n) is 9.44. The van der Waals surface area contributed by atoms with Crippen molar-refractivity contribution in [3.63, 3.8) is 0 Å². The number of hydrogen-bond donors (Lipinski definition) is 3. The van der Waals surface area contributed by atoms with Gasteiger partial charge < -0.3 is 20.4 Å². The minimum Gasteiger partial charge on any atom is -0.502 e. The molecule has 0 spiro atoms. The zero-order valence-corrected chi connectivity index (χ0v) is 16.6. The molecule has 1 aliphatic rings. The fourth-order valence-corrected chi connectivity index (χ4v) is 3.63. The molecular formula is C22H17F3N2O5. The number of alkyl halides is 3. The molecule has 1 aromatic heterocycles. The van der Waals surface area contributed by atoms with Gasteiger partial charge in [-0.25, -0.2) is 4.79 Å². The number of fused-ring (bicyclic) bond motifs is 2. The summed E-state index contributed by atoms with van der Waals surface area (Å²) in [5.41, 5.74) is 2.57. The summed E-state index contributed by atoms with van der Waals surface area (Å²) in [6.07, 6.45) is -3.41. The Bertz CT molecular complexity index is 1280. The van der Waals surface area contributed by atoms with Crippen molar-refractivity contribution >= 4 is 5.97 Å². The van der Waals surface area contributed by atoms with Gasteiger partial charge in [-0.2, -0.15) is 13.2 Å². The number of hydrogen-bond acceptors (Lipinski definition) is 5. The van der Waals surface area contributed by atoms with E-state index in [1.54, 1.807) is 18.2 Å². The number of carbonyl (C=O) groups is 1. The summed E-state index contributed by atoms with van der Waals surface area (Å²) in [6, 6.07) is 8.59. The maximum atomic E-state index is 13.3. The Balaban J connectivity index is 1.91. The highest BCUT2D eigenvalue weighted by atomic mass is 19.4. The summed E-state index contributed by atoms with van der Waals surface area (Å²) < 4.78 is 46.5. The molecule has 10 heteroatoms. The number of rotatable bonds is 3. The fourth-order valence-electron chi connectivity index (χ4n) is 3.63. The third-order valence-electron chi connectivity index (χ3n) is 5.19. The number of aromatic carboxylic acids is 1. The van der Waals surface area contributed by atoms with Crippen LogP contribution in [-0.2, 0) is 12.8 Å². The Morgan fingerprint density at radius 2 is 1.88 bits per heavy atom. The van der Waals surface area contributed by atoms with Gasteiger partial charge in [-0.05, 0) is 41.8 Å². The molecule has 0 amide bonds. The number of aromatic nitrogens is 1. The number of carboxylic acid groups (broad SMARTS) is 1. The van der Waals surface area contributed by atoms with Crippen LogP contribution in [0.15, 0.2) is 53.5 Å². The van der Waals surface area contributed by atoms with Gasteiger partial charge in [0.1, 0.15) is 12.4 Å². The highest BCUT2D eigenvalue weighted by Gasteiger charge is 2.33. The van der Waals surface area contributed by atoms with E-state index in [1.165, 1.54) is 6.07 Å². The standard InChI is InChI=1S/C22H17F3N2O5/c1-11-2-4-15-17(8-11)32-10-12-9-13(22(23,24)25)3-5-14(12)18(15)26-27-7-6-16(28)20(29)19(27)21(30)31/h2-9,18,26,29H,10H2,1H3,(H,30,31). The molecular weight excluding hydrogens is 429 g/mol. The molecule has 0 bridgehead atoms. The van der Waals surface area contributed by atoms with Crippen LogP contribution in [0.5, 0.6) is 11.5 Å². The van der Waals surface area contributed by atoms with E-state index in [1.807, 2.05) is 6.92 Å². The average Bonchev–Trinajstić information content (AvgIpc) is 2.86. The van der Waals surface area contributed by atoms with Crippen LogP contribution in [-0.4, -0.2) is 20.9 Å². The van der Waals surface area contributed by atoms with Crippen LogP contribution in [0.1, 0.15) is 44.3 Å². The van der Waals surface area contributed by atoms with Crippen LogP contribution < -0.4 is 15.6 Å². The maximum absolute atomic E-state index is 13.3. The van der Waals surface area contributed by atoms with E-state index >= 15 is 0 Å². The lowest BCUT2D eigenvalue weighted by molar-refractivity contribution is -0.137. The molecule has 7 nitrogen and oxygen atoms in total. The van der Waals surface area contributed by atoms with E-state index in [9.17, 15) is 33.0 Å². The Kier molecular flexibility index (Phi) is 5.08. The zero-order chi connectivity index (χ0) is 23.2. The molecule has 0 aliphatic carbocycles. The first-order valence-corrected chi connectivity index (χ1v) is 9.44. The van der Waals surface area contributed by atoms with Crippen molar-refractivity contribution in [3.8, 4) is 11.5 Å². The summed E-state index contributed by atoms with van der Waals surface area (Å²) in [6.45, 7) is 1.70. The lowest BCUT2D eigenvalue weighted by atomic mass is 9.93. The average molecular weight is 446 g/mol. The van der Waals surface area contributed by atoms with Gasteiger partial charge in [0.2, 0.25) is 5.43 Å². The topological polar surface area (TPSA) is 101 Å². The first kappa shape index (κ1) is 21.3. The van der Waals surface area contributed by atoms with Gasteiger partial charge in [0, 0.05) is 17.8 Å². The minimum atomic E-state index is -4.55. The molecule has 166 valence electrons. The smallest absolute Gasteiger partial charge is 0.416 e. The number of nitrogens with zero attached hydrogens (tertiary/aromatic N) is 1. The summed E-state index contributed by atoms with van der Waals surface area (Å²) in [5, 5.41) is 19.5. The van der Waals surface area contributed by atoms with Gasteiger partial charge in [0.15, 0.2) is 11.4 Å². The van der Waals surface area contributed by atoms with Gasteiger partial charge in [-0.1, -0.05) is 18.2 Å². The normalized spacial score (nSPS) is 15.2. The first-order chi connectivity index (χ1) is 15.1. The van der Waals surface area contributed by atoms with Crippen LogP contribution in [0.4, 0.5) is 13.2 Å². The van der Waals surface area contributed by atoms with E-state index in [0.717, 1.165) is 34.6 Å². The predicted octanol–water partition coefficient (Wildman–Crippen LogP) is 3.80. The molecule has 2 aromatic carbocycles. The Morgan fingerprint density at radius 3 is 2.56 bits per heavy atom. The van der Waals surface area contributed by atoms with E-state index < -0.39 is 40.6 Å².